The van der Waals surface area contributed by atoms with Crippen molar-refractivity contribution in [2.75, 3.05) is 5.32 Å². The van der Waals surface area contributed by atoms with E-state index in [1.165, 1.54) is 6.07 Å². The van der Waals surface area contributed by atoms with Crippen molar-refractivity contribution in [3.63, 3.8) is 0 Å². The number of pyridine rings is 1. The summed E-state index contributed by atoms with van der Waals surface area (Å²) in [5.74, 6) is 0.374. The van der Waals surface area contributed by atoms with Gasteiger partial charge in [-0.25, -0.2) is 4.98 Å². The van der Waals surface area contributed by atoms with Crippen molar-refractivity contribution < 1.29 is 0 Å². The van der Waals surface area contributed by atoms with Crippen molar-refractivity contribution in [3.05, 3.63) is 65.2 Å². The van der Waals surface area contributed by atoms with Crippen LogP contribution in [0.15, 0.2) is 64.5 Å². The molecule has 2 heterocycles. The van der Waals surface area contributed by atoms with Gasteiger partial charge in [0.2, 0.25) is 5.95 Å². The van der Waals surface area contributed by atoms with E-state index in [0.717, 1.165) is 28.1 Å². The number of nitrogens with one attached hydrogen (secondary N) is 2. The lowest BCUT2D eigenvalue weighted by Gasteiger charge is -2.08. The Morgan fingerprint density at radius 3 is 2.73 bits per heavy atom. The summed E-state index contributed by atoms with van der Waals surface area (Å²) in [6, 6.07) is 12.6. The molecule has 0 atom stereocenters. The van der Waals surface area contributed by atoms with E-state index >= 15 is 0 Å². The third kappa shape index (κ3) is 3.33. The topological polar surface area (TPSA) is 96.7 Å². The van der Waals surface area contributed by atoms with Gasteiger partial charge in [0, 0.05) is 34.6 Å². The number of nitrogens with zero attached hydrogens (tertiary/aromatic N) is 2. The summed E-state index contributed by atoms with van der Waals surface area (Å²) in [5.41, 5.74) is 1.98. The molecule has 0 spiro atoms. The Morgan fingerprint density at radius 1 is 1.14 bits per heavy atom. The van der Waals surface area contributed by atoms with Crippen LogP contribution in [0, 0.1) is 0 Å². The minimum Gasteiger partial charge on any atom is -0.326 e. The number of H-pyrrole nitrogens is 1. The summed E-state index contributed by atoms with van der Waals surface area (Å²) >= 11 is 1.16. The fourth-order valence-corrected chi connectivity index (χ4v) is 2.32. The molecule has 0 saturated heterocycles. The zero-order valence-electron chi connectivity index (χ0n) is 11.5. The maximum absolute atomic E-state index is 11.8. The zero-order valence-corrected chi connectivity index (χ0v) is 12.3. The first kappa shape index (κ1) is 14.3. The first-order valence-electron chi connectivity index (χ1n) is 6.50. The molecule has 0 amide bonds. The molecule has 2 aromatic heterocycles. The van der Waals surface area contributed by atoms with E-state index in [1.54, 1.807) is 24.5 Å². The Kier molecular flexibility index (Phi) is 4.17. The van der Waals surface area contributed by atoms with Crippen LogP contribution in [0.5, 0.6) is 0 Å². The predicted octanol–water partition coefficient (Wildman–Crippen LogP) is 2.54. The first-order chi connectivity index (χ1) is 10.7. The number of anilines is 2. The molecule has 7 heteroatoms. The molecule has 0 bridgehead atoms. The second kappa shape index (κ2) is 6.42. The molecule has 4 N–H and O–H groups in total. The highest BCUT2D eigenvalue weighted by Crippen LogP contribution is 2.20. The molecule has 1 aromatic carbocycles. The molecule has 110 valence electrons. The number of nitrogens with two attached hydrogens (primary N) is 1. The maximum atomic E-state index is 11.8. The smallest absolute Gasteiger partial charge is 0.252 e. The maximum Gasteiger partial charge on any atom is 0.252 e. The number of hydrogen-bond donors (Lipinski definition) is 3. The Morgan fingerprint density at radius 2 is 1.95 bits per heavy atom. The Labute approximate surface area is 131 Å². The molecule has 6 nitrogen and oxygen atoms in total. The molecule has 0 unspecified atom stereocenters. The van der Waals surface area contributed by atoms with Crippen molar-refractivity contribution in [3.8, 4) is 11.3 Å². The van der Waals surface area contributed by atoms with Crippen molar-refractivity contribution in [2.45, 2.75) is 4.90 Å². The molecule has 0 aliphatic carbocycles. The normalized spacial score (nSPS) is 10.4. The van der Waals surface area contributed by atoms with Crippen LogP contribution >= 0.6 is 11.9 Å². The number of aromatic nitrogens is 3. The molecule has 0 aliphatic rings. The van der Waals surface area contributed by atoms with E-state index in [1.807, 2.05) is 24.3 Å². The number of aromatic amines is 1. The minimum atomic E-state index is -0.228. The lowest BCUT2D eigenvalue weighted by molar-refractivity contribution is 1.12. The fourth-order valence-electron chi connectivity index (χ4n) is 1.97. The standard InChI is InChI=1S/C15H13N5OS/c16-22-12-3-1-2-11(8-12)18-15-19-13(9-14(21)20-15)10-4-6-17-7-5-10/h1-9H,16H2,(H2,18,19,20,21). The van der Waals surface area contributed by atoms with Crippen molar-refractivity contribution in [1.29, 1.82) is 0 Å². The molecule has 3 aromatic rings. The van der Waals surface area contributed by atoms with Gasteiger partial charge < -0.3 is 5.32 Å². The van der Waals surface area contributed by atoms with Gasteiger partial charge in [0.15, 0.2) is 0 Å². The van der Waals surface area contributed by atoms with Gasteiger partial charge in [-0.05, 0) is 42.3 Å². The van der Waals surface area contributed by atoms with Gasteiger partial charge in [-0.15, -0.1) is 0 Å². The second-order valence-electron chi connectivity index (χ2n) is 4.49. The van der Waals surface area contributed by atoms with Crippen molar-refractivity contribution >= 4 is 23.6 Å². The predicted molar refractivity (Wildman–Crippen MR) is 87.9 cm³/mol. The summed E-state index contributed by atoms with van der Waals surface area (Å²) in [6.07, 6.45) is 3.32. The van der Waals surface area contributed by atoms with Crippen LogP contribution in [0.1, 0.15) is 0 Å². The molecule has 0 aliphatic heterocycles. The quantitative estimate of drug-likeness (QED) is 0.641. The Balaban J connectivity index is 1.94. The molecular weight excluding hydrogens is 298 g/mol. The minimum absolute atomic E-state index is 0.228. The molecule has 0 fully saturated rings. The highest BCUT2D eigenvalue weighted by molar-refractivity contribution is 7.97. The van der Waals surface area contributed by atoms with Gasteiger partial charge in [0.1, 0.15) is 0 Å². The van der Waals surface area contributed by atoms with Gasteiger partial charge in [-0.2, -0.15) is 0 Å². The molecular formula is C15H13N5OS. The van der Waals surface area contributed by atoms with Gasteiger partial charge in [-0.3, -0.25) is 19.9 Å². The number of rotatable bonds is 4. The summed E-state index contributed by atoms with van der Waals surface area (Å²) in [4.78, 5) is 23.8. The van der Waals surface area contributed by atoms with E-state index < -0.39 is 0 Å². The SMILES string of the molecule is NSc1cccc(Nc2nc(-c3ccncc3)cc(=O)[nH]2)c1. The summed E-state index contributed by atoms with van der Waals surface area (Å²) in [5, 5.41) is 8.62. The van der Waals surface area contributed by atoms with Crippen molar-refractivity contribution in [2.24, 2.45) is 5.14 Å². The highest BCUT2D eigenvalue weighted by atomic mass is 32.2. The molecule has 3 rings (SSSR count). The largest absolute Gasteiger partial charge is 0.326 e. The van der Waals surface area contributed by atoms with Gasteiger partial charge in [0.05, 0.1) is 5.69 Å². The third-order valence-corrected chi connectivity index (χ3v) is 3.48. The van der Waals surface area contributed by atoms with Crippen LogP contribution in [0.25, 0.3) is 11.3 Å². The van der Waals surface area contributed by atoms with Crippen LogP contribution in [-0.2, 0) is 0 Å². The van der Waals surface area contributed by atoms with Crippen LogP contribution < -0.4 is 16.0 Å². The molecule has 22 heavy (non-hydrogen) atoms. The first-order valence-corrected chi connectivity index (χ1v) is 7.38. The van der Waals surface area contributed by atoms with E-state index in [0.29, 0.717) is 11.6 Å². The van der Waals surface area contributed by atoms with Crippen LogP contribution in [-0.4, -0.2) is 15.0 Å². The summed E-state index contributed by atoms with van der Waals surface area (Å²) in [7, 11) is 0. The Bertz CT molecular complexity index is 835. The second-order valence-corrected chi connectivity index (χ2v) is 5.19. The van der Waals surface area contributed by atoms with Crippen molar-refractivity contribution in [1.82, 2.24) is 15.0 Å². The van der Waals surface area contributed by atoms with Gasteiger partial charge in [-0.1, -0.05) is 6.07 Å². The van der Waals surface area contributed by atoms with E-state index in [4.69, 9.17) is 5.14 Å². The number of benzene rings is 1. The van der Waals surface area contributed by atoms with Gasteiger partial charge in [0.25, 0.3) is 5.56 Å². The van der Waals surface area contributed by atoms with E-state index in [-0.39, 0.29) is 5.56 Å². The third-order valence-electron chi connectivity index (χ3n) is 2.95. The summed E-state index contributed by atoms with van der Waals surface area (Å²) < 4.78 is 0. The Hall–Kier alpha value is -2.64. The average Bonchev–Trinajstić information content (AvgIpc) is 2.55. The number of hydrogen-bond acceptors (Lipinski definition) is 6. The molecule has 0 saturated carbocycles. The summed E-state index contributed by atoms with van der Waals surface area (Å²) in [6.45, 7) is 0. The average molecular weight is 311 g/mol. The van der Waals surface area contributed by atoms with Crippen LogP contribution in [0.4, 0.5) is 11.6 Å². The lowest BCUT2D eigenvalue weighted by atomic mass is 10.2. The monoisotopic (exact) mass is 311 g/mol. The van der Waals surface area contributed by atoms with Gasteiger partial charge >= 0.3 is 0 Å². The lowest BCUT2D eigenvalue weighted by Crippen LogP contribution is -2.10. The fraction of sp³-hybridized carbons (Fsp3) is 0. The van der Waals surface area contributed by atoms with E-state index in [2.05, 4.69) is 20.3 Å². The highest BCUT2D eigenvalue weighted by Gasteiger charge is 2.04. The molecule has 0 radical (unpaired) electrons. The zero-order chi connectivity index (χ0) is 15.4. The van der Waals surface area contributed by atoms with E-state index in [9.17, 15) is 4.79 Å². The van der Waals surface area contributed by atoms with Crippen LogP contribution in [0.3, 0.4) is 0 Å². The van der Waals surface area contributed by atoms with Crippen LogP contribution in [0.2, 0.25) is 0 Å².